The van der Waals surface area contributed by atoms with Gasteiger partial charge < -0.3 is 5.32 Å². The molecule has 0 atom stereocenters. The van der Waals surface area contributed by atoms with Crippen LogP contribution >= 0.6 is 38.9 Å². The molecule has 1 nitrogen and oxygen atoms in total. The van der Waals surface area contributed by atoms with Gasteiger partial charge in [-0.25, -0.2) is 0 Å². The van der Waals surface area contributed by atoms with Gasteiger partial charge in [-0.15, -0.1) is 11.3 Å². The third kappa shape index (κ3) is 2.78. The van der Waals surface area contributed by atoms with E-state index in [1.54, 1.807) is 11.3 Å². The Morgan fingerprint density at radius 2 is 2.19 bits per heavy atom. The first-order valence-corrected chi connectivity index (χ1v) is 6.94. The SMILES string of the molecule is Cc1ccc(Cl)c(NCc2sccc2Br)c1. The molecule has 1 aromatic heterocycles. The zero-order valence-electron chi connectivity index (χ0n) is 8.76. The van der Waals surface area contributed by atoms with Gasteiger partial charge in [0, 0.05) is 9.35 Å². The molecule has 0 saturated carbocycles. The first-order chi connectivity index (χ1) is 7.66. The van der Waals surface area contributed by atoms with Crippen molar-refractivity contribution in [1.29, 1.82) is 0 Å². The van der Waals surface area contributed by atoms with E-state index in [2.05, 4.69) is 45.7 Å². The molecule has 0 aliphatic heterocycles. The molecule has 0 radical (unpaired) electrons. The van der Waals surface area contributed by atoms with Crippen molar-refractivity contribution in [3.8, 4) is 0 Å². The average molecular weight is 317 g/mol. The van der Waals surface area contributed by atoms with Gasteiger partial charge in [0.15, 0.2) is 0 Å². The first kappa shape index (κ1) is 12.0. The van der Waals surface area contributed by atoms with Gasteiger partial charge in [-0.1, -0.05) is 17.7 Å². The highest BCUT2D eigenvalue weighted by Gasteiger charge is 2.03. The summed E-state index contributed by atoms with van der Waals surface area (Å²) in [4.78, 5) is 1.28. The van der Waals surface area contributed by atoms with E-state index in [1.165, 1.54) is 10.4 Å². The van der Waals surface area contributed by atoms with Gasteiger partial charge in [-0.3, -0.25) is 0 Å². The van der Waals surface area contributed by atoms with Crippen LogP contribution in [0.4, 0.5) is 5.69 Å². The fourth-order valence-corrected chi connectivity index (χ4v) is 3.02. The monoisotopic (exact) mass is 315 g/mol. The lowest BCUT2D eigenvalue weighted by Crippen LogP contribution is -1.98. The Bertz CT molecular complexity index is 496. The predicted octanol–water partition coefficient (Wildman–Crippen LogP) is 5.08. The molecule has 0 aliphatic rings. The Morgan fingerprint density at radius 1 is 1.38 bits per heavy atom. The standard InChI is InChI=1S/C12H11BrClNS/c1-8-2-3-10(14)11(6-8)15-7-12-9(13)4-5-16-12/h2-6,15H,7H2,1H3. The molecule has 0 bridgehead atoms. The Hall–Kier alpha value is -0.510. The molecular formula is C12H11BrClNS. The summed E-state index contributed by atoms with van der Waals surface area (Å²) in [5.74, 6) is 0. The molecular weight excluding hydrogens is 306 g/mol. The molecule has 1 N–H and O–H groups in total. The van der Waals surface area contributed by atoms with Crippen molar-refractivity contribution in [2.45, 2.75) is 13.5 Å². The summed E-state index contributed by atoms with van der Waals surface area (Å²) in [7, 11) is 0. The summed E-state index contributed by atoms with van der Waals surface area (Å²) in [6, 6.07) is 8.04. The molecule has 1 aromatic carbocycles. The number of aryl methyl sites for hydroxylation is 1. The van der Waals surface area contributed by atoms with E-state index < -0.39 is 0 Å². The van der Waals surface area contributed by atoms with Crippen LogP contribution in [-0.4, -0.2) is 0 Å². The number of rotatable bonds is 3. The van der Waals surface area contributed by atoms with Crippen molar-refractivity contribution in [2.24, 2.45) is 0 Å². The molecule has 0 amide bonds. The van der Waals surface area contributed by atoms with Crippen molar-refractivity contribution in [3.63, 3.8) is 0 Å². The van der Waals surface area contributed by atoms with Gasteiger partial charge in [-0.05, 0) is 52.0 Å². The Kier molecular flexibility index (Phi) is 3.90. The number of hydrogen-bond donors (Lipinski definition) is 1. The van der Waals surface area contributed by atoms with Crippen molar-refractivity contribution < 1.29 is 0 Å². The van der Waals surface area contributed by atoms with Gasteiger partial charge in [-0.2, -0.15) is 0 Å². The fraction of sp³-hybridized carbons (Fsp3) is 0.167. The van der Waals surface area contributed by atoms with Crippen molar-refractivity contribution in [2.75, 3.05) is 5.32 Å². The maximum atomic E-state index is 6.11. The van der Waals surface area contributed by atoms with E-state index in [-0.39, 0.29) is 0 Å². The highest BCUT2D eigenvalue weighted by Crippen LogP contribution is 2.26. The topological polar surface area (TPSA) is 12.0 Å². The third-order valence-electron chi connectivity index (χ3n) is 2.25. The molecule has 0 fully saturated rings. The molecule has 0 aliphatic carbocycles. The van der Waals surface area contributed by atoms with Crippen LogP contribution in [0.1, 0.15) is 10.4 Å². The van der Waals surface area contributed by atoms with Crippen LogP contribution in [0.2, 0.25) is 5.02 Å². The van der Waals surface area contributed by atoms with E-state index in [0.29, 0.717) is 0 Å². The van der Waals surface area contributed by atoms with Crippen LogP contribution < -0.4 is 5.32 Å². The summed E-state index contributed by atoms with van der Waals surface area (Å²) in [6.45, 7) is 2.85. The zero-order valence-corrected chi connectivity index (χ0v) is 11.9. The van der Waals surface area contributed by atoms with E-state index in [4.69, 9.17) is 11.6 Å². The van der Waals surface area contributed by atoms with Gasteiger partial charge in [0.2, 0.25) is 0 Å². The number of benzene rings is 1. The van der Waals surface area contributed by atoms with Gasteiger partial charge in [0.05, 0.1) is 17.3 Å². The van der Waals surface area contributed by atoms with E-state index >= 15 is 0 Å². The van der Waals surface area contributed by atoms with Crippen molar-refractivity contribution in [1.82, 2.24) is 0 Å². The van der Waals surface area contributed by atoms with Crippen LogP contribution in [0.3, 0.4) is 0 Å². The zero-order chi connectivity index (χ0) is 11.5. The minimum atomic E-state index is 0.762. The first-order valence-electron chi connectivity index (χ1n) is 4.88. The molecule has 2 rings (SSSR count). The summed E-state index contributed by atoms with van der Waals surface area (Å²) in [5, 5.41) is 6.18. The Balaban J connectivity index is 2.10. The summed E-state index contributed by atoms with van der Waals surface area (Å²) in [5.41, 5.74) is 2.19. The quantitative estimate of drug-likeness (QED) is 0.832. The molecule has 1 heterocycles. The summed E-state index contributed by atoms with van der Waals surface area (Å²) >= 11 is 11.3. The molecule has 4 heteroatoms. The number of halogens is 2. The Morgan fingerprint density at radius 3 is 2.88 bits per heavy atom. The lowest BCUT2D eigenvalue weighted by atomic mass is 10.2. The molecule has 84 valence electrons. The highest BCUT2D eigenvalue weighted by atomic mass is 79.9. The molecule has 0 unspecified atom stereocenters. The second-order valence-corrected chi connectivity index (χ2v) is 5.79. The molecule has 0 saturated heterocycles. The average Bonchev–Trinajstić information content (AvgIpc) is 2.66. The van der Waals surface area contributed by atoms with Gasteiger partial charge in [0.25, 0.3) is 0 Å². The van der Waals surface area contributed by atoms with Crippen LogP contribution in [0.15, 0.2) is 34.1 Å². The van der Waals surface area contributed by atoms with Crippen LogP contribution in [0, 0.1) is 6.92 Å². The largest absolute Gasteiger partial charge is 0.379 e. The number of thiophene rings is 1. The normalized spacial score (nSPS) is 10.4. The molecule has 0 spiro atoms. The fourth-order valence-electron chi connectivity index (χ4n) is 1.40. The van der Waals surface area contributed by atoms with E-state index in [9.17, 15) is 0 Å². The van der Waals surface area contributed by atoms with Crippen molar-refractivity contribution >= 4 is 44.6 Å². The minimum Gasteiger partial charge on any atom is -0.379 e. The summed E-state index contributed by atoms with van der Waals surface area (Å²) < 4.78 is 1.15. The maximum absolute atomic E-state index is 6.11. The van der Waals surface area contributed by atoms with Crippen LogP contribution in [0.5, 0.6) is 0 Å². The predicted molar refractivity (Wildman–Crippen MR) is 75.5 cm³/mol. The molecule has 2 aromatic rings. The lowest BCUT2D eigenvalue weighted by molar-refractivity contribution is 1.18. The second kappa shape index (κ2) is 5.21. The highest BCUT2D eigenvalue weighted by molar-refractivity contribution is 9.10. The van der Waals surface area contributed by atoms with Gasteiger partial charge in [0.1, 0.15) is 0 Å². The lowest BCUT2D eigenvalue weighted by Gasteiger charge is -2.08. The van der Waals surface area contributed by atoms with Crippen LogP contribution in [0.25, 0.3) is 0 Å². The maximum Gasteiger partial charge on any atom is 0.0637 e. The smallest absolute Gasteiger partial charge is 0.0637 e. The van der Waals surface area contributed by atoms with Gasteiger partial charge >= 0.3 is 0 Å². The summed E-state index contributed by atoms with van der Waals surface area (Å²) in [6.07, 6.45) is 0. The number of nitrogens with one attached hydrogen (secondary N) is 1. The van der Waals surface area contributed by atoms with Crippen LogP contribution in [-0.2, 0) is 6.54 Å². The van der Waals surface area contributed by atoms with E-state index in [1.807, 2.05) is 12.1 Å². The number of hydrogen-bond acceptors (Lipinski definition) is 2. The Labute approximate surface area is 113 Å². The van der Waals surface area contributed by atoms with Crippen molar-refractivity contribution in [3.05, 3.63) is 49.6 Å². The minimum absolute atomic E-state index is 0.762. The number of anilines is 1. The third-order valence-corrected chi connectivity index (χ3v) is 4.51. The molecule has 16 heavy (non-hydrogen) atoms. The second-order valence-electron chi connectivity index (χ2n) is 3.53. The van der Waals surface area contributed by atoms with E-state index in [0.717, 1.165) is 21.7 Å².